The molecule has 1 aromatic heterocycles. The molecule has 1 N–H and O–H groups in total. The van der Waals surface area contributed by atoms with E-state index in [0.717, 1.165) is 16.8 Å². The van der Waals surface area contributed by atoms with Crippen molar-refractivity contribution in [1.29, 1.82) is 0 Å². The molecule has 0 aliphatic carbocycles. The van der Waals surface area contributed by atoms with Crippen LogP contribution in [0.15, 0.2) is 48.5 Å². The lowest BCUT2D eigenvalue weighted by Gasteiger charge is -2.34. The summed E-state index contributed by atoms with van der Waals surface area (Å²) in [5, 5.41) is 3.82. The maximum absolute atomic E-state index is 13.1. The van der Waals surface area contributed by atoms with E-state index in [4.69, 9.17) is 11.6 Å². The number of aromatic nitrogens is 2. The van der Waals surface area contributed by atoms with Gasteiger partial charge in [-0.15, -0.1) is 0 Å². The molecular formula is C21H19ClF3N5OS. The van der Waals surface area contributed by atoms with Gasteiger partial charge in [0, 0.05) is 49.2 Å². The van der Waals surface area contributed by atoms with Crippen LogP contribution < -0.4 is 10.2 Å². The standard InChI is InChI=1S/C21H19ClF3N5OS/c22-15-7-5-14(6-8-15)13-18-27-20(32-28-18)30-11-9-29(10-12-30)19(31)26-17-4-2-1-3-16(17)21(23,24)25/h1-8H,9-13H2,(H,26,31). The molecule has 3 aromatic rings. The van der Waals surface area contributed by atoms with Crippen molar-refractivity contribution >= 4 is 40.0 Å². The van der Waals surface area contributed by atoms with Crippen LogP contribution in [-0.2, 0) is 12.6 Å². The molecule has 0 saturated carbocycles. The van der Waals surface area contributed by atoms with E-state index in [9.17, 15) is 18.0 Å². The molecule has 1 aliphatic rings. The fraction of sp³-hybridized carbons (Fsp3) is 0.286. The van der Waals surface area contributed by atoms with Crippen LogP contribution in [0.3, 0.4) is 0 Å². The van der Waals surface area contributed by atoms with Gasteiger partial charge in [0.15, 0.2) is 0 Å². The molecule has 2 amide bonds. The normalized spacial score (nSPS) is 14.5. The molecule has 2 heterocycles. The highest BCUT2D eigenvalue weighted by Gasteiger charge is 2.34. The maximum Gasteiger partial charge on any atom is 0.418 e. The summed E-state index contributed by atoms with van der Waals surface area (Å²) >= 11 is 7.20. The third-order valence-corrected chi connectivity index (χ3v) is 6.11. The zero-order chi connectivity index (χ0) is 22.7. The van der Waals surface area contributed by atoms with Gasteiger partial charge in [0.05, 0.1) is 11.3 Å². The summed E-state index contributed by atoms with van der Waals surface area (Å²) in [5.41, 5.74) is -0.0585. The van der Waals surface area contributed by atoms with Crippen molar-refractivity contribution in [2.45, 2.75) is 12.6 Å². The minimum atomic E-state index is -4.54. The topological polar surface area (TPSA) is 61.4 Å². The Morgan fingerprint density at radius 2 is 1.75 bits per heavy atom. The van der Waals surface area contributed by atoms with Gasteiger partial charge in [-0.1, -0.05) is 35.9 Å². The monoisotopic (exact) mass is 481 g/mol. The molecule has 6 nitrogen and oxygen atoms in total. The van der Waals surface area contributed by atoms with Gasteiger partial charge < -0.3 is 15.1 Å². The van der Waals surface area contributed by atoms with E-state index in [1.807, 2.05) is 29.2 Å². The summed E-state index contributed by atoms with van der Waals surface area (Å²) in [4.78, 5) is 20.6. The van der Waals surface area contributed by atoms with E-state index >= 15 is 0 Å². The number of piperazine rings is 1. The Hall–Kier alpha value is -2.85. The van der Waals surface area contributed by atoms with E-state index in [1.165, 1.54) is 34.6 Å². The third kappa shape index (κ3) is 5.31. The molecule has 32 heavy (non-hydrogen) atoms. The van der Waals surface area contributed by atoms with Gasteiger partial charge >= 0.3 is 12.2 Å². The first-order valence-corrected chi connectivity index (χ1v) is 11.0. The average molecular weight is 482 g/mol. The Kier molecular flexibility index (Phi) is 6.52. The van der Waals surface area contributed by atoms with Crippen molar-refractivity contribution in [2.24, 2.45) is 0 Å². The zero-order valence-corrected chi connectivity index (χ0v) is 18.3. The van der Waals surface area contributed by atoms with Gasteiger partial charge in [-0.25, -0.2) is 9.78 Å². The van der Waals surface area contributed by atoms with Gasteiger partial charge in [0.25, 0.3) is 0 Å². The van der Waals surface area contributed by atoms with Crippen molar-refractivity contribution in [1.82, 2.24) is 14.3 Å². The molecule has 2 aromatic carbocycles. The largest absolute Gasteiger partial charge is 0.418 e. The molecule has 0 bridgehead atoms. The van der Waals surface area contributed by atoms with Crippen molar-refractivity contribution in [3.63, 3.8) is 0 Å². The van der Waals surface area contributed by atoms with E-state index in [0.29, 0.717) is 43.4 Å². The van der Waals surface area contributed by atoms with Crippen molar-refractivity contribution in [2.75, 3.05) is 36.4 Å². The number of nitrogens with one attached hydrogen (secondary N) is 1. The van der Waals surface area contributed by atoms with Gasteiger partial charge in [-0.05, 0) is 29.8 Å². The first kappa shape index (κ1) is 22.3. The number of anilines is 2. The minimum absolute atomic E-state index is 0.247. The second-order valence-electron chi connectivity index (χ2n) is 7.24. The molecule has 4 rings (SSSR count). The van der Waals surface area contributed by atoms with E-state index in [2.05, 4.69) is 14.7 Å². The van der Waals surface area contributed by atoms with E-state index in [-0.39, 0.29) is 5.69 Å². The number of alkyl halides is 3. The molecule has 0 spiro atoms. The van der Waals surface area contributed by atoms with Gasteiger partial charge in [-0.2, -0.15) is 17.5 Å². The summed E-state index contributed by atoms with van der Waals surface area (Å²) < 4.78 is 43.9. The Morgan fingerprint density at radius 3 is 2.44 bits per heavy atom. The molecule has 11 heteroatoms. The van der Waals surface area contributed by atoms with Crippen molar-refractivity contribution in [3.05, 3.63) is 70.5 Å². The lowest BCUT2D eigenvalue weighted by Crippen LogP contribution is -2.50. The predicted octanol–water partition coefficient (Wildman–Crippen LogP) is 5.16. The highest BCUT2D eigenvalue weighted by atomic mass is 35.5. The van der Waals surface area contributed by atoms with Crippen LogP contribution in [0.2, 0.25) is 5.02 Å². The Morgan fingerprint density at radius 1 is 1.06 bits per heavy atom. The second kappa shape index (κ2) is 9.33. The number of rotatable bonds is 4. The third-order valence-electron chi connectivity index (χ3n) is 5.04. The quantitative estimate of drug-likeness (QED) is 0.559. The molecule has 0 radical (unpaired) electrons. The van der Waals surface area contributed by atoms with Crippen LogP contribution in [0.4, 0.5) is 28.8 Å². The van der Waals surface area contributed by atoms with Crippen LogP contribution in [0, 0.1) is 0 Å². The molecule has 168 valence electrons. The summed E-state index contributed by atoms with van der Waals surface area (Å²) in [7, 11) is 0. The number of amides is 2. The predicted molar refractivity (Wildman–Crippen MR) is 118 cm³/mol. The summed E-state index contributed by atoms with van der Waals surface area (Å²) in [6, 6.07) is 11.9. The lowest BCUT2D eigenvalue weighted by atomic mass is 10.1. The van der Waals surface area contributed by atoms with Crippen LogP contribution in [-0.4, -0.2) is 46.5 Å². The molecule has 1 saturated heterocycles. The number of benzene rings is 2. The fourth-order valence-electron chi connectivity index (χ4n) is 3.36. The maximum atomic E-state index is 13.1. The highest BCUT2D eigenvalue weighted by Crippen LogP contribution is 2.34. The smallest absolute Gasteiger partial charge is 0.343 e. The van der Waals surface area contributed by atoms with Crippen LogP contribution >= 0.6 is 23.1 Å². The number of carbonyl (C=O) groups excluding carboxylic acids is 1. The Balaban J connectivity index is 1.33. The van der Waals surface area contributed by atoms with Crippen molar-refractivity contribution in [3.8, 4) is 0 Å². The van der Waals surface area contributed by atoms with Gasteiger partial charge in [0.2, 0.25) is 5.13 Å². The van der Waals surface area contributed by atoms with E-state index in [1.54, 1.807) is 0 Å². The van der Waals surface area contributed by atoms with Crippen LogP contribution in [0.5, 0.6) is 0 Å². The first-order valence-electron chi connectivity index (χ1n) is 9.84. The zero-order valence-electron chi connectivity index (χ0n) is 16.8. The lowest BCUT2D eigenvalue weighted by molar-refractivity contribution is -0.136. The fourth-order valence-corrected chi connectivity index (χ4v) is 4.23. The SMILES string of the molecule is O=C(Nc1ccccc1C(F)(F)F)N1CCN(c2nc(Cc3ccc(Cl)cc3)ns2)CC1. The number of hydrogen-bond acceptors (Lipinski definition) is 5. The Bertz CT molecular complexity index is 1080. The molecule has 0 unspecified atom stereocenters. The number of halogens is 4. The molecule has 1 aliphatic heterocycles. The molecule has 1 fully saturated rings. The van der Waals surface area contributed by atoms with Gasteiger partial charge in [-0.3, -0.25) is 0 Å². The van der Waals surface area contributed by atoms with Crippen LogP contribution in [0.25, 0.3) is 0 Å². The van der Waals surface area contributed by atoms with Gasteiger partial charge in [0.1, 0.15) is 5.82 Å². The average Bonchev–Trinajstić information content (AvgIpc) is 3.23. The number of nitrogens with zero attached hydrogens (tertiary/aromatic N) is 4. The molecule has 0 atom stereocenters. The minimum Gasteiger partial charge on any atom is -0.343 e. The first-order chi connectivity index (χ1) is 15.3. The van der Waals surface area contributed by atoms with E-state index < -0.39 is 17.8 Å². The number of carbonyl (C=O) groups is 1. The summed E-state index contributed by atoms with van der Waals surface area (Å²) in [6.45, 7) is 1.77. The summed E-state index contributed by atoms with van der Waals surface area (Å²) in [5.74, 6) is 0.705. The Labute approximate surface area is 191 Å². The number of hydrogen-bond donors (Lipinski definition) is 1. The number of para-hydroxylation sites is 1. The van der Waals surface area contributed by atoms with Crippen molar-refractivity contribution < 1.29 is 18.0 Å². The molecular weight excluding hydrogens is 463 g/mol. The summed E-state index contributed by atoms with van der Waals surface area (Å²) in [6.07, 6.45) is -3.95. The highest BCUT2D eigenvalue weighted by molar-refractivity contribution is 7.09. The second-order valence-corrected chi connectivity index (χ2v) is 8.41. The van der Waals surface area contributed by atoms with Crippen LogP contribution in [0.1, 0.15) is 17.0 Å². The number of urea groups is 1.